The predicted octanol–water partition coefficient (Wildman–Crippen LogP) is 1.85. The zero-order valence-corrected chi connectivity index (χ0v) is 12.3. The molecule has 2 rings (SSSR count). The van der Waals surface area contributed by atoms with Crippen LogP contribution in [0.5, 0.6) is 0 Å². The Morgan fingerprint density at radius 2 is 2.05 bits per heavy atom. The van der Waals surface area contributed by atoms with Crippen LogP contribution >= 0.6 is 11.6 Å². The Labute approximate surface area is 121 Å². The van der Waals surface area contributed by atoms with E-state index in [4.69, 9.17) is 11.6 Å². The second-order valence-corrected chi connectivity index (χ2v) is 6.71. The fourth-order valence-electron chi connectivity index (χ4n) is 1.75. The number of H-pyrrole nitrogens is 1. The SMILES string of the molecule is CN(Cc1cccc(Cl)c1)S(=O)(=O)c1c[nH]ccc1=O. The molecule has 0 aliphatic carbocycles. The van der Waals surface area contributed by atoms with E-state index in [0.717, 1.165) is 9.87 Å². The van der Waals surface area contributed by atoms with Gasteiger partial charge in [-0.2, -0.15) is 4.31 Å². The van der Waals surface area contributed by atoms with Crippen molar-refractivity contribution in [2.75, 3.05) is 7.05 Å². The molecule has 0 spiro atoms. The van der Waals surface area contributed by atoms with Crippen LogP contribution in [0, 0.1) is 0 Å². The monoisotopic (exact) mass is 312 g/mol. The zero-order valence-electron chi connectivity index (χ0n) is 10.7. The van der Waals surface area contributed by atoms with Crippen LogP contribution in [0.3, 0.4) is 0 Å². The van der Waals surface area contributed by atoms with Crippen LogP contribution in [0.1, 0.15) is 5.56 Å². The van der Waals surface area contributed by atoms with Gasteiger partial charge in [0.25, 0.3) is 0 Å². The van der Waals surface area contributed by atoms with Crippen LogP contribution < -0.4 is 5.43 Å². The molecule has 0 saturated carbocycles. The molecule has 0 saturated heterocycles. The Morgan fingerprint density at radius 1 is 1.30 bits per heavy atom. The maximum atomic E-state index is 12.3. The van der Waals surface area contributed by atoms with Gasteiger partial charge in [0, 0.05) is 37.1 Å². The third-order valence-corrected chi connectivity index (χ3v) is 4.83. The van der Waals surface area contributed by atoms with Crippen LogP contribution in [-0.4, -0.2) is 24.8 Å². The molecule has 0 bridgehead atoms. The molecule has 1 heterocycles. The standard InChI is InChI=1S/C13H13ClN2O3S/c1-16(9-10-3-2-4-11(14)7-10)20(18,19)13-8-15-6-5-12(13)17/h2-8H,9H2,1H3,(H,15,17). The molecule has 0 fully saturated rings. The highest BCUT2D eigenvalue weighted by Crippen LogP contribution is 2.16. The van der Waals surface area contributed by atoms with Crippen molar-refractivity contribution in [1.82, 2.24) is 9.29 Å². The lowest BCUT2D eigenvalue weighted by atomic mass is 10.2. The van der Waals surface area contributed by atoms with Crippen molar-refractivity contribution in [3.8, 4) is 0 Å². The summed E-state index contributed by atoms with van der Waals surface area (Å²) in [6.45, 7) is 0.136. The van der Waals surface area contributed by atoms with Gasteiger partial charge in [-0.15, -0.1) is 0 Å². The van der Waals surface area contributed by atoms with E-state index in [9.17, 15) is 13.2 Å². The first kappa shape index (κ1) is 14.8. The Morgan fingerprint density at radius 3 is 2.70 bits per heavy atom. The topological polar surface area (TPSA) is 70.2 Å². The highest BCUT2D eigenvalue weighted by atomic mass is 35.5. The molecular formula is C13H13ClN2O3S. The Balaban J connectivity index is 2.31. The van der Waals surface area contributed by atoms with Gasteiger partial charge < -0.3 is 4.98 Å². The van der Waals surface area contributed by atoms with E-state index in [1.165, 1.54) is 25.5 Å². The molecule has 1 N–H and O–H groups in total. The van der Waals surface area contributed by atoms with E-state index < -0.39 is 15.5 Å². The van der Waals surface area contributed by atoms with Gasteiger partial charge in [-0.1, -0.05) is 23.7 Å². The maximum Gasteiger partial charge on any atom is 0.248 e. The van der Waals surface area contributed by atoms with Crippen molar-refractivity contribution in [3.63, 3.8) is 0 Å². The molecule has 0 amide bonds. The molecule has 106 valence electrons. The summed E-state index contributed by atoms with van der Waals surface area (Å²) >= 11 is 5.86. The van der Waals surface area contributed by atoms with Crippen LogP contribution in [0.2, 0.25) is 5.02 Å². The summed E-state index contributed by atoms with van der Waals surface area (Å²) in [5, 5.41) is 0.533. The van der Waals surface area contributed by atoms with Gasteiger partial charge in [0.05, 0.1) is 0 Å². The number of rotatable bonds is 4. The minimum Gasteiger partial charge on any atom is -0.366 e. The molecule has 0 aliphatic rings. The first-order chi connectivity index (χ1) is 9.41. The molecule has 20 heavy (non-hydrogen) atoms. The zero-order chi connectivity index (χ0) is 14.8. The number of benzene rings is 1. The number of aromatic amines is 1. The van der Waals surface area contributed by atoms with Crippen molar-refractivity contribution in [2.24, 2.45) is 0 Å². The van der Waals surface area contributed by atoms with E-state index in [1.807, 2.05) is 0 Å². The average Bonchev–Trinajstić information content (AvgIpc) is 2.39. The summed E-state index contributed by atoms with van der Waals surface area (Å²) in [4.78, 5) is 14.0. The number of nitrogens with zero attached hydrogens (tertiary/aromatic N) is 1. The lowest BCUT2D eigenvalue weighted by Crippen LogP contribution is -2.30. The van der Waals surface area contributed by atoms with E-state index in [2.05, 4.69) is 4.98 Å². The number of nitrogens with one attached hydrogen (secondary N) is 1. The maximum absolute atomic E-state index is 12.3. The second kappa shape index (κ2) is 5.78. The van der Waals surface area contributed by atoms with E-state index in [-0.39, 0.29) is 11.4 Å². The van der Waals surface area contributed by atoms with Gasteiger partial charge in [-0.25, -0.2) is 8.42 Å². The van der Waals surface area contributed by atoms with Crippen molar-refractivity contribution in [3.05, 3.63) is 63.5 Å². The number of hydrogen-bond acceptors (Lipinski definition) is 3. The van der Waals surface area contributed by atoms with Crippen molar-refractivity contribution < 1.29 is 8.42 Å². The highest BCUT2D eigenvalue weighted by Gasteiger charge is 2.23. The van der Waals surface area contributed by atoms with Gasteiger partial charge in [0.15, 0.2) is 0 Å². The largest absolute Gasteiger partial charge is 0.366 e. The van der Waals surface area contributed by atoms with Crippen LogP contribution in [0.4, 0.5) is 0 Å². The third kappa shape index (κ3) is 3.09. The first-order valence-corrected chi connectivity index (χ1v) is 7.61. The van der Waals surface area contributed by atoms with Gasteiger partial charge in [-0.3, -0.25) is 4.79 Å². The molecule has 1 aromatic heterocycles. The number of pyridine rings is 1. The molecule has 0 radical (unpaired) electrons. The second-order valence-electron chi connectivity index (χ2n) is 4.26. The summed E-state index contributed by atoms with van der Waals surface area (Å²) in [7, 11) is -2.41. The number of hydrogen-bond donors (Lipinski definition) is 1. The smallest absolute Gasteiger partial charge is 0.248 e. The van der Waals surface area contributed by atoms with E-state index >= 15 is 0 Å². The first-order valence-electron chi connectivity index (χ1n) is 5.79. The Kier molecular flexibility index (Phi) is 4.27. The van der Waals surface area contributed by atoms with Gasteiger partial charge in [0.2, 0.25) is 15.5 Å². The summed E-state index contributed by atoms with van der Waals surface area (Å²) < 4.78 is 25.7. The average molecular weight is 313 g/mol. The van der Waals surface area contributed by atoms with Crippen molar-refractivity contribution >= 4 is 21.6 Å². The third-order valence-electron chi connectivity index (χ3n) is 2.77. The predicted molar refractivity (Wildman–Crippen MR) is 77.2 cm³/mol. The molecule has 5 nitrogen and oxygen atoms in total. The minimum absolute atomic E-state index is 0.136. The Hall–Kier alpha value is -1.63. The number of sulfonamides is 1. The fraction of sp³-hybridized carbons (Fsp3) is 0.154. The quantitative estimate of drug-likeness (QED) is 0.936. The Bertz CT molecular complexity index is 771. The number of halogens is 1. The summed E-state index contributed by atoms with van der Waals surface area (Å²) in [5.74, 6) is 0. The molecule has 0 unspecified atom stereocenters. The minimum atomic E-state index is -3.83. The molecule has 1 aromatic carbocycles. The molecule has 7 heteroatoms. The normalized spacial score (nSPS) is 11.8. The van der Waals surface area contributed by atoms with Gasteiger partial charge in [0.1, 0.15) is 4.90 Å². The summed E-state index contributed by atoms with van der Waals surface area (Å²) in [6.07, 6.45) is 2.57. The van der Waals surface area contributed by atoms with Gasteiger partial charge >= 0.3 is 0 Å². The molecule has 0 aliphatic heterocycles. The fourth-order valence-corrected chi connectivity index (χ4v) is 3.15. The summed E-state index contributed by atoms with van der Waals surface area (Å²) in [5.41, 5.74) is 0.206. The lowest BCUT2D eigenvalue weighted by Gasteiger charge is -2.16. The van der Waals surface area contributed by atoms with Crippen molar-refractivity contribution in [2.45, 2.75) is 11.4 Å². The molecule has 2 aromatic rings. The van der Waals surface area contributed by atoms with Crippen LogP contribution in [0.15, 0.2) is 52.4 Å². The van der Waals surface area contributed by atoms with Crippen molar-refractivity contribution in [1.29, 1.82) is 0 Å². The highest BCUT2D eigenvalue weighted by molar-refractivity contribution is 7.89. The molecule has 0 atom stereocenters. The van der Waals surface area contributed by atoms with Crippen LogP contribution in [0.25, 0.3) is 0 Å². The van der Waals surface area contributed by atoms with Crippen LogP contribution in [-0.2, 0) is 16.6 Å². The lowest BCUT2D eigenvalue weighted by molar-refractivity contribution is 0.466. The number of aromatic nitrogens is 1. The summed E-state index contributed by atoms with van der Waals surface area (Å²) in [6, 6.07) is 8.09. The van der Waals surface area contributed by atoms with Gasteiger partial charge in [-0.05, 0) is 17.7 Å². The van der Waals surface area contributed by atoms with E-state index in [1.54, 1.807) is 24.3 Å². The van der Waals surface area contributed by atoms with E-state index in [0.29, 0.717) is 5.02 Å². The molecular weight excluding hydrogens is 300 g/mol.